The molecule has 3 rings (SSSR count). The van der Waals surface area contributed by atoms with Crippen molar-refractivity contribution in [3.05, 3.63) is 65.5 Å². The van der Waals surface area contributed by atoms with Crippen LogP contribution < -0.4 is 0 Å². The molecule has 0 amide bonds. The molecular weight excluding hydrogens is 288 g/mol. The van der Waals surface area contributed by atoms with Crippen molar-refractivity contribution in [3.8, 4) is 11.3 Å². The van der Waals surface area contributed by atoms with Crippen LogP contribution in [0.5, 0.6) is 0 Å². The number of carbonyl (C=O) groups is 1. The Balaban J connectivity index is 2.27. The van der Waals surface area contributed by atoms with Gasteiger partial charge in [-0.25, -0.2) is 18.6 Å². The van der Waals surface area contributed by atoms with Gasteiger partial charge < -0.3 is 5.11 Å². The zero-order valence-corrected chi connectivity index (χ0v) is 11.4. The van der Waals surface area contributed by atoms with Gasteiger partial charge >= 0.3 is 5.97 Å². The molecule has 0 saturated carbocycles. The molecule has 5 heteroatoms. The van der Waals surface area contributed by atoms with E-state index in [-0.39, 0.29) is 11.1 Å². The molecule has 0 aliphatic carbocycles. The molecule has 3 aromatic rings. The van der Waals surface area contributed by atoms with Crippen LogP contribution in [0.1, 0.15) is 15.9 Å². The second-order valence-electron chi connectivity index (χ2n) is 4.86. The lowest BCUT2D eigenvalue weighted by atomic mass is 10.0. The number of halogens is 2. The van der Waals surface area contributed by atoms with E-state index in [0.29, 0.717) is 22.2 Å². The first-order valence-electron chi connectivity index (χ1n) is 6.57. The molecule has 0 aliphatic heterocycles. The highest BCUT2D eigenvalue weighted by atomic mass is 19.1. The Bertz CT molecular complexity index is 878. The lowest BCUT2D eigenvalue weighted by Gasteiger charge is -2.08. The zero-order chi connectivity index (χ0) is 15.7. The van der Waals surface area contributed by atoms with Crippen LogP contribution in [0.3, 0.4) is 0 Å². The smallest absolute Gasteiger partial charge is 0.336 e. The number of aromatic carboxylic acids is 1. The first-order valence-corrected chi connectivity index (χ1v) is 6.57. The molecule has 0 spiro atoms. The predicted octanol–water partition coefficient (Wildman–Crippen LogP) is 4.21. The van der Waals surface area contributed by atoms with E-state index in [4.69, 9.17) is 0 Å². The van der Waals surface area contributed by atoms with E-state index in [1.165, 1.54) is 18.2 Å². The normalized spacial score (nSPS) is 10.8. The highest BCUT2D eigenvalue weighted by Crippen LogP contribution is 2.26. The van der Waals surface area contributed by atoms with Crippen LogP contribution >= 0.6 is 0 Å². The molecule has 0 unspecified atom stereocenters. The van der Waals surface area contributed by atoms with Gasteiger partial charge in [0.05, 0.1) is 16.8 Å². The number of alkyl halides is 1. The summed E-state index contributed by atoms with van der Waals surface area (Å²) in [5, 5.41) is 9.85. The summed E-state index contributed by atoms with van der Waals surface area (Å²) >= 11 is 0. The molecule has 0 atom stereocenters. The largest absolute Gasteiger partial charge is 0.478 e. The summed E-state index contributed by atoms with van der Waals surface area (Å²) in [6.45, 7) is -0.801. The molecule has 0 saturated heterocycles. The van der Waals surface area contributed by atoms with Crippen molar-refractivity contribution in [1.82, 2.24) is 4.98 Å². The number of rotatable bonds is 3. The first-order chi connectivity index (χ1) is 10.6. The number of carboxylic acids is 1. The second-order valence-corrected chi connectivity index (χ2v) is 4.86. The van der Waals surface area contributed by atoms with Crippen LogP contribution in [0.15, 0.2) is 48.5 Å². The van der Waals surface area contributed by atoms with Crippen molar-refractivity contribution in [2.24, 2.45) is 0 Å². The van der Waals surface area contributed by atoms with E-state index in [1.54, 1.807) is 24.3 Å². The summed E-state index contributed by atoms with van der Waals surface area (Å²) in [4.78, 5) is 15.8. The third kappa shape index (κ3) is 2.53. The van der Waals surface area contributed by atoms with Crippen molar-refractivity contribution in [2.45, 2.75) is 6.67 Å². The minimum absolute atomic E-state index is 0.0756. The molecule has 0 bridgehead atoms. The van der Waals surface area contributed by atoms with Crippen LogP contribution in [-0.4, -0.2) is 16.1 Å². The summed E-state index contributed by atoms with van der Waals surface area (Å²) in [5.41, 5.74) is 1.39. The topological polar surface area (TPSA) is 50.2 Å². The van der Waals surface area contributed by atoms with Gasteiger partial charge in [0.2, 0.25) is 0 Å². The maximum absolute atomic E-state index is 13.6. The lowest BCUT2D eigenvalue weighted by Crippen LogP contribution is -2.00. The minimum Gasteiger partial charge on any atom is -0.478 e. The molecule has 0 radical (unpaired) electrons. The molecule has 1 heterocycles. The fraction of sp³-hybridized carbons (Fsp3) is 0.0588. The quantitative estimate of drug-likeness (QED) is 0.788. The van der Waals surface area contributed by atoms with Gasteiger partial charge in [-0.2, -0.15) is 0 Å². The van der Waals surface area contributed by atoms with Crippen LogP contribution in [0.4, 0.5) is 8.78 Å². The molecule has 2 aromatic carbocycles. The maximum Gasteiger partial charge on any atom is 0.336 e. The number of aromatic nitrogens is 1. The lowest BCUT2D eigenvalue weighted by molar-refractivity contribution is 0.0699. The zero-order valence-electron chi connectivity index (χ0n) is 11.4. The molecule has 3 nitrogen and oxygen atoms in total. The van der Waals surface area contributed by atoms with Crippen LogP contribution in [0.2, 0.25) is 0 Å². The summed E-state index contributed by atoms with van der Waals surface area (Å²) in [6.07, 6.45) is 0. The van der Waals surface area contributed by atoms with Crippen LogP contribution in [0.25, 0.3) is 22.2 Å². The number of pyridine rings is 1. The molecule has 0 aliphatic rings. The maximum atomic E-state index is 13.6. The number of fused-ring (bicyclic) bond motifs is 1. The van der Waals surface area contributed by atoms with Gasteiger partial charge in [0.25, 0.3) is 0 Å². The number of hydrogen-bond donors (Lipinski definition) is 1. The van der Waals surface area contributed by atoms with Crippen molar-refractivity contribution >= 4 is 16.9 Å². The highest BCUT2D eigenvalue weighted by molar-refractivity contribution is 6.03. The fourth-order valence-electron chi connectivity index (χ4n) is 2.38. The summed E-state index contributed by atoms with van der Waals surface area (Å²) < 4.78 is 26.3. The summed E-state index contributed by atoms with van der Waals surface area (Å²) in [7, 11) is 0. The Morgan fingerprint density at radius 3 is 2.64 bits per heavy atom. The van der Waals surface area contributed by atoms with E-state index in [0.717, 1.165) is 6.07 Å². The average molecular weight is 299 g/mol. The third-order valence-corrected chi connectivity index (χ3v) is 3.35. The summed E-state index contributed by atoms with van der Waals surface area (Å²) in [6, 6.07) is 12.0. The van der Waals surface area contributed by atoms with Gasteiger partial charge in [0, 0.05) is 10.9 Å². The predicted molar refractivity (Wildman–Crippen MR) is 78.9 cm³/mol. The molecular formula is C17H11F2NO2. The number of benzene rings is 2. The van der Waals surface area contributed by atoms with Gasteiger partial charge in [-0.3, -0.25) is 0 Å². The molecule has 110 valence electrons. The summed E-state index contributed by atoms with van der Waals surface area (Å²) in [5.74, 6) is -1.68. The Labute approximate surface area is 124 Å². The van der Waals surface area contributed by atoms with Gasteiger partial charge in [-0.05, 0) is 35.9 Å². The van der Waals surface area contributed by atoms with Crippen LogP contribution in [-0.2, 0) is 6.67 Å². The van der Waals surface area contributed by atoms with Gasteiger partial charge in [0.15, 0.2) is 0 Å². The highest BCUT2D eigenvalue weighted by Gasteiger charge is 2.13. The van der Waals surface area contributed by atoms with Crippen molar-refractivity contribution in [3.63, 3.8) is 0 Å². The monoisotopic (exact) mass is 299 g/mol. The molecule has 0 fully saturated rings. The molecule has 1 N–H and O–H groups in total. The van der Waals surface area contributed by atoms with E-state index in [1.807, 2.05) is 0 Å². The number of para-hydroxylation sites is 1. The SMILES string of the molecule is O=C(O)c1cc(-c2cc(F)cc(CF)c2)nc2ccccc12. The third-order valence-electron chi connectivity index (χ3n) is 3.35. The Morgan fingerprint density at radius 2 is 1.91 bits per heavy atom. The second kappa shape index (κ2) is 5.52. The van der Waals surface area contributed by atoms with Gasteiger partial charge in [0.1, 0.15) is 12.5 Å². The molecule has 22 heavy (non-hydrogen) atoms. The Kier molecular flexibility index (Phi) is 3.55. The average Bonchev–Trinajstić information content (AvgIpc) is 2.53. The van der Waals surface area contributed by atoms with Crippen molar-refractivity contribution in [2.75, 3.05) is 0 Å². The minimum atomic E-state index is -1.10. The van der Waals surface area contributed by atoms with E-state index in [9.17, 15) is 18.7 Å². The molecule has 1 aromatic heterocycles. The fourth-order valence-corrected chi connectivity index (χ4v) is 2.38. The Hall–Kier alpha value is -2.82. The van der Waals surface area contributed by atoms with E-state index < -0.39 is 18.5 Å². The van der Waals surface area contributed by atoms with Gasteiger partial charge in [-0.1, -0.05) is 18.2 Å². The van der Waals surface area contributed by atoms with Crippen molar-refractivity contribution < 1.29 is 18.7 Å². The van der Waals surface area contributed by atoms with Gasteiger partial charge in [-0.15, -0.1) is 0 Å². The van der Waals surface area contributed by atoms with Crippen molar-refractivity contribution in [1.29, 1.82) is 0 Å². The first kappa shape index (κ1) is 14.1. The van der Waals surface area contributed by atoms with E-state index in [2.05, 4.69) is 4.98 Å². The number of nitrogens with zero attached hydrogens (tertiary/aromatic N) is 1. The van der Waals surface area contributed by atoms with E-state index >= 15 is 0 Å². The Morgan fingerprint density at radius 1 is 1.14 bits per heavy atom. The van der Waals surface area contributed by atoms with Crippen LogP contribution in [0, 0.1) is 5.82 Å². The standard InChI is InChI=1S/C17H11F2NO2/c18-9-10-5-11(7-12(19)6-10)16-8-14(17(21)22)13-3-1-2-4-15(13)20-16/h1-8H,9H2,(H,21,22). The number of hydrogen-bond acceptors (Lipinski definition) is 2. The number of carboxylic acid groups (broad SMARTS) is 1.